The fourth-order valence-corrected chi connectivity index (χ4v) is 2.44. The number of nitrogens with zero attached hydrogens (tertiary/aromatic N) is 5. The molecule has 0 saturated heterocycles. The molecule has 3 rings (SSSR count). The lowest BCUT2D eigenvalue weighted by Crippen LogP contribution is -2.26. The minimum atomic E-state index is -0.318. The summed E-state index contributed by atoms with van der Waals surface area (Å²) in [6, 6.07) is 7.27. The number of benzene rings is 1. The number of carbonyl (C=O) groups is 1. The zero-order chi connectivity index (χ0) is 16.9. The molecule has 0 spiro atoms. The molecule has 0 aliphatic rings. The second-order valence-electron chi connectivity index (χ2n) is 5.14. The molecule has 2 heterocycles. The lowest BCUT2D eigenvalue weighted by atomic mass is 10.3. The molecule has 0 fully saturated rings. The molecule has 8 nitrogen and oxygen atoms in total. The van der Waals surface area contributed by atoms with E-state index in [-0.39, 0.29) is 11.7 Å². The number of hydrogen-bond acceptors (Lipinski definition) is 5. The van der Waals surface area contributed by atoms with Crippen molar-refractivity contribution >= 4 is 17.5 Å². The number of carbonyl (C=O) groups excluding carboxylic acids is 1. The number of rotatable bonds is 6. The smallest absolute Gasteiger partial charge is 0.290 e. The van der Waals surface area contributed by atoms with Crippen LogP contribution in [0.3, 0.4) is 0 Å². The number of aromatic amines is 1. The van der Waals surface area contributed by atoms with Gasteiger partial charge in [-0.2, -0.15) is 5.10 Å². The Balaban J connectivity index is 1.62. The van der Waals surface area contributed by atoms with Gasteiger partial charge in [-0.25, -0.2) is 14.6 Å². The van der Waals surface area contributed by atoms with E-state index in [1.54, 1.807) is 17.7 Å². The van der Waals surface area contributed by atoms with Crippen molar-refractivity contribution in [1.29, 1.82) is 0 Å². The van der Waals surface area contributed by atoms with E-state index in [0.29, 0.717) is 29.5 Å². The van der Waals surface area contributed by atoms with Crippen molar-refractivity contribution in [3.8, 4) is 5.69 Å². The van der Waals surface area contributed by atoms with E-state index < -0.39 is 0 Å². The summed E-state index contributed by atoms with van der Waals surface area (Å²) in [6.07, 6.45) is 2.91. The molecule has 2 N–H and O–H groups in total. The van der Waals surface area contributed by atoms with Crippen LogP contribution in [0.4, 0.5) is 0 Å². The number of halogens is 1. The van der Waals surface area contributed by atoms with Crippen molar-refractivity contribution in [3.63, 3.8) is 0 Å². The summed E-state index contributed by atoms with van der Waals surface area (Å²) in [7, 11) is 0. The fourth-order valence-electron chi connectivity index (χ4n) is 2.23. The van der Waals surface area contributed by atoms with Gasteiger partial charge in [-0.05, 0) is 25.5 Å². The van der Waals surface area contributed by atoms with Gasteiger partial charge in [0.15, 0.2) is 0 Å². The average molecular weight is 346 g/mol. The Morgan fingerprint density at radius 3 is 2.96 bits per heavy atom. The van der Waals surface area contributed by atoms with Crippen molar-refractivity contribution in [2.75, 3.05) is 6.54 Å². The summed E-state index contributed by atoms with van der Waals surface area (Å²) >= 11 is 6.17. The van der Waals surface area contributed by atoms with Crippen LogP contribution in [-0.2, 0) is 6.42 Å². The van der Waals surface area contributed by atoms with Gasteiger partial charge in [-0.3, -0.25) is 9.89 Å². The van der Waals surface area contributed by atoms with Crippen molar-refractivity contribution < 1.29 is 4.79 Å². The number of nitrogens with one attached hydrogen (secondary N) is 2. The lowest BCUT2D eigenvalue weighted by molar-refractivity contribution is 0.0943. The van der Waals surface area contributed by atoms with Gasteiger partial charge in [-0.15, -0.1) is 5.10 Å². The second kappa shape index (κ2) is 7.22. The van der Waals surface area contributed by atoms with Crippen LogP contribution in [0.1, 0.15) is 28.7 Å². The van der Waals surface area contributed by atoms with Crippen LogP contribution in [0.2, 0.25) is 5.02 Å². The first-order valence-electron chi connectivity index (χ1n) is 7.46. The van der Waals surface area contributed by atoms with Crippen LogP contribution in [0.15, 0.2) is 30.6 Å². The molecule has 0 aliphatic heterocycles. The topological polar surface area (TPSA) is 101 Å². The Morgan fingerprint density at radius 1 is 1.38 bits per heavy atom. The van der Waals surface area contributed by atoms with Gasteiger partial charge < -0.3 is 5.32 Å². The fraction of sp³-hybridized carbons (Fsp3) is 0.267. The molecule has 3 aromatic rings. The maximum Gasteiger partial charge on any atom is 0.290 e. The molecule has 9 heteroatoms. The maximum atomic E-state index is 12.2. The Morgan fingerprint density at radius 2 is 2.21 bits per heavy atom. The summed E-state index contributed by atoms with van der Waals surface area (Å²) in [6.45, 7) is 2.27. The average Bonchev–Trinajstić information content (AvgIpc) is 3.22. The monoisotopic (exact) mass is 345 g/mol. The molecule has 0 bridgehead atoms. The van der Waals surface area contributed by atoms with Gasteiger partial charge in [0.05, 0.1) is 10.7 Å². The van der Waals surface area contributed by atoms with Gasteiger partial charge in [0, 0.05) is 13.0 Å². The number of para-hydroxylation sites is 1. The second-order valence-corrected chi connectivity index (χ2v) is 5.54. The molecule has 0 radical (unpaired) electrons. The standard InChI is InChI=1S/C15H16ClN7O/c1-10-20-14(22-23(10)12-6-3-2-5-11(12)16)15(24)17-8-4-7-13-18-9-19-21-13/h2-3,5-6,9H,4,7-8H2,1H3,(H,17,24)(H,18,19,21). The first-order valence-corrected chi connectivity index (χ1v) is 7.84. The van der Waals surface area contributed by atoms with Gasteiger partial charge >= 0.3 is 0 Å². The summed E-state index contributed by atoms with van der Waals surface area (Å²) in [5.74, 6) is 1.18. The number of hydrogen-bond donors (Lipinski definition) is 2. The van der Waals surface area contributed by atoms with Crippen LogP contribution in [-0.4, -0.2) is 42.4 Å². The Bertz CT molecular complexity index is 828. The third-order valence-electron chi connectivity index (χ3n) is 3.39. The Kier molecular flexibility index (Phi) is 4.85. The minimum absolute atomic E-state index is 0.118. The molecule has 0 aliphatic carbocycles. The van der Waals surface area contributed by atoms with Crippen molar-refractivity contribution in [3.05, 3.63) is 53.1 Å². The van der Waals surface area contributed by atoms with E-state index in [1.165, 1.54) is 6.33 Å². The van der Waals surface area contributed by atoms with Gasteiger partial charge in [0.2, 0.25) is 5.82 Å². The summed E-state index contributed by atoms with van der Waals surface area (Å²) in [4.78, 5) is 20.4. The van der Waals surface area contributed by atoms with E-state index in [2.05, 4.69) is 30.6 Å². The molecule has 124 valence electrons. The molecule has 0 saturated carbocycles. The van der Waals surface area contributed by atoms with Gasteiger partial charge in [-0.1, -0.05) is 23.7 Å². The summed E-state index contributed by atoms with van der Waals surface area (Å²) in [5.41, 5.74) is 0.688. The SMILES string of the molecule is Cc1nc(C(=O)NCCCc2ncn[nH]2)nn1-c1ccccc1Cl. The number of aryl methyl sites for hydroxylation is 2. The maximum absolute atomic E-state index is 12.2. The predicted molar refractivity (Wildman–Crippen MR) is 88.1 cm³/mol. The van der Waals surface area contributed by atoms with E-state index in [9.17, 15) is 4.79 Å². The predicted octanol–water partition coefficient (Wildman–Crippen LogP) is 1.71. The van der Waals surface area contributed by atoms with Crippen LogP contribution in [0.25, 0.3) is 5.69 Å². The van der Waals surface area contributed by atoms with Crippen molar-refractivity contribution in [1.82, 2.24) is 35.3 Å². The molecule has 1 aromatic carbocycles. The highest BCUT2D eigenvalue weighted by molar-refractivity contribution is 6.32. The zero-order valence-corrected chi connectivity index (χ0v) is 13.8. The highest BCUT2D eigenvalue weighted by Crippen LogP contribution is 2.20. The Hall–Kier alpha value is -2.74. The van der Waals surface area contributed by atoms with E-state index >= 15 is 0 Å². The third kappa shape index (κ3) is 3.60. The highest BCUT2D eigenvalue weighted by Gasteiger charge is 2.16. The molecular formula is C15H16ClN7O. The summed E-state index contributed by atoms with van der Waals surface area (Å²) in [5, 5.41) is 14.1. The van der Waals surface area contributed by atoms with Crippen molar-refractivity contribution in [2.45, 2.75) is 19.8 Å². The molecule has 0 atom stereocenters. The molecular weight excluding hydrogens is 330 g/mol. The zero-order valence-electron chi connectivity index (χ0n) is 13.0. The molecule has 24 heavy (non-hydrogen) atoms. The molecule has 1 amide bonds. The van der Waals surface area contributed by atoms with E-state index in [1.807, 2.05) is 18.2 Å². The summed E-state index contributed by atoms with van der Waals surface area (Å²) < 4.78 is 1.56. The highest BCUT2D eigenvalue weighted by atomic mass is 35.5. The van der Waals surface area contributed by atoms with E-state index in [0.717, 1.165) is 12.2 Å². The van der Waals surface area contributed by atoms with Gasteiger partial charge in [0.1, 0.15) is 18.0 Å². The van der Waals surface area contributed by atoms with Crippen LogP contribution in [0.5, 0.6) is 0 Å². The molecule has 2 aromatic heterocycles. The number of H-pyrrole nitrogens is 1. The third-order valence-corrected chi connectivity index (χ3v) is 3.71. The van der Waals surface area contributed by atoms with Crippen LogP contribution in [0, 0.1) is 6.92 Å². The lowest BCUT2D eigenvalue weighted by Gasteiger charge is -2.04. The van der Waals surface area contributed by atoms with Crippen LogP contribution >= 0.6 is 11.6 Å². The minimum Gasteiger partial charge on any atom is -0.349 e. The number of aromatic nitrogens is 6. The normalized spacial score (nSPS) is 10.8. The first kappa shape index (κ1) is 16.1. The molecule has 0 unspecified atom stereocenters. The largest absolute Gasteiger partial charge is 0.349 e. The van der Waals surface area contributed by atoms with Crippen molar-refractivity contribution in [2.24, 2.45) is 0 Å². The van der Waals surface area contributed by atoms with Crippen LogP contribution < -0.4 is 5.32 Å². The number of amides is 1. The Labute approximate surface area is 143 Å². The van der Waals surface area contributed by atoms with Gasteiger partial charge in [0.25, 0.3) is 5.91 Å². The first-order chi connectivity index (χ1) is 11.6. The quantitative estimate of drug-likeness (QED) is 0.662. The van der Waals surface area contributed by atoms with E-state index in [4.69, 9.17) is 11.6 Å².